The number of fused-ring (bicyclic) bond motifs is 1. The molecule has 1 aromatic heterocycles. The highest BCUT2D eigenvalue weighted by Crippen LogP contribution is 2.37. The van der Waals surface area contributed by atoms with Gasteiger partial charge in [-0.15, -0.1) is 11.3 Å². The van der Waals surface area contributed by atoms with E-state index >= 15 is 0 Å². The predicted molar refractivity (Wildman–Crippen MR) is 106 cm³/mol. The molecule has 0 bridgehead atoms. The van der Waals surface area contributed by atoms with Crippen molar-refractivity contribution >= 4 is 43.0 Å². The second-order valence-electron chi connectivity index (χ2n) is 6.43. The van der Waals surface area contributed by atoms with Crippen molar-refractivity contribution in [3.8, 4) is 5.75 Å². The summed E-state index contributed by atoms with van der Waals surface area (Å²) in [5.74, 6) is 0.250. The van der Waals surface area contributed by atoms with Gasteiger partial charge in [-0.2, -0.15) is 0 Å². The first-order valence-corrected chi connectivity index (χ1v) is 11.6. The number of anilines is 1. The lowest BCUT2D eigenvalue weighted by Gasteiger charge is -2.16. The summed E-state index contributed by atoms with van der Waals surface area (Å²) in [5, 5.41) is 5.97. The first-order chi connectivity index (χ1) is 12.9. The monoisotopic (exact) mass is 412 g/mol. The van der Waals surface area contributed by atoms with E-state index in [2.05, 4.69) is 20.5 Å². The number of thiazole rings is 1. The first kappa shape index (κ1) is 20.0. The Kier molecular flexibility index (Phi) is 6.30. The molecule has 1 amide bonds. The van der Waals surface area contributed by atoms with Gasteiger partial charge in [0.15, 0.2) is 0 Å². The molecule has 1 aromatic carbocycles. The Labute approximate surface area is 162 Å². The normalized spacial score (nSPS) is 15.3. The van der Waals surface area contributed by atoms with Gasteiger partial charge in [-0.25, -0.2) is 13.4 Å². The van der Waals surface area contributed by atoms with Crippen LogP contribution in [0.1, 0.15) is 19.8 Å². The third kappa shape index (κ3) is 4.95. The molecule has 2 heterocycles. The van der Waals surface area contributed by atoms with Gasteiger partial charge in [-0.05, 0) is 45.0 Å². The maximum absolute atomic E-state index is 12.4. The highest BCUT2D eigenvalue weighted by molar-refractivity contribution is 7.92. The lowest BCUT2D eigenvalue weighted by atomic mass is 10.2. The number of aromatic nitrogens is 1. The molecule has 148 valence electrons. The maximum Gasteiger partial charge on any atom is 0.238 e. The van der Waals surface area contributed by atoms with Crippen molar-refractivity contribution in [2.75, 3.05) is 44.5 Å². The number of hydrogen-bond acceptors (Lipinski definition) is 8. The molecular formula is C17H24N4O4S2. The van der Waals surface area contributed by atoms with Crippen molar-refractivity contribution in [1.82, 2.24) is 15.2 Å². The summed E-state index contributed by atoms with van der Waals surface area (Å²) in [7, 11) is -3.42. The van der Waals surface area contributed by atoms with Gasteiger partial charge in [0, 0.05) is 12.9 Å². The highest BCUT2D eigenvalue weighted by atomic mass is 32.2. The molecule has 2 aromatic rings. The SMILES string of the molecule is CCOc1ccc2sc(S(C)(=O)=O)nc2c1NC(=O)CNCN1CCCC1. The van der Waals surface area contributed by atoms with Crippen LogP contribution in [0.2, 0.25) is 0 Å². The molecule has 0 aliphatic carbocycles. The lowest BCUT2D eigenvalue weighted by Crippen LogP contribution is -2.36. The summed E-state index contributed by atoms with van der Waals surface area (Å²) in [6.45, 7) is 5.19. The standard InChI is InChI=1S/C17H24N4O4S2/c1-3-25-12-6-7-13-16(20-17(26-13)27(2,23)24)15(12)19-14(22)10-18-11-21-8-4-5-9-21/h6-7,18H,3-5,8-11H2,1-2H3,(H,19,22). The number of benzene rings is 1. The number of nitrogens with one attached hydrogen (secondary N) is 2. The Morgan fingerprint density at radius 2 is 2.07 bits per heavy atom. The third-order valence-electron chi connectivity index (χ3n) is 4.20. The number of hydrogen-bond donors (Lipinski definition) is 2. The quantitative estimate of drug-likeness (QED) is 0.680. The van der Waals surface area contributed by atoms with Gasteiger partial charge in [0.05, 0.1) is 17.9 Å². The third-order valence-corrected chi connectivity index (χ3v) is 6.90. The van der Waals surface area contributed by atoms with E-state index in [1.807, 2.05) is 6.92 Å². The molecule has 1 saturated heterocycles. The van der Waals surface area contributed by atoms with Crippen LogP contribution >= 0.6 is 11.3 Å². The summed E-state index contributed by atoms with van der Waals surface area (Å²) >= 11 is 1.08. The van der Waals surface area contributed by atoms with E-state index in [4.69, 9.17) is 4.74 Å². The Hall–Kier alpha value is -1.75. The Balaban J connectivity index is 1.78. The number of carbonyl (C=O) groups excluding carboxylic acids is 1. The van der Waals surface area contributed by atoms with Crippen LogP contribution in [0.5, 0.6) is 5.75 Å². The molecule has 3 rings (SSSR count). The average molecular weight is 413 g/mol. The average Bonchev–Trinajstić information content (AvgIpc) is 3.26. The number of sulfone groups is 1. The van der Waals surface area contributed by atoms with E-state index in [1.165, 1.54) is 12.8 Å². The summed E-state index contributed by atoms with van der Waals surface area (Å²) < 4.78 is 30.0. The molecule has 0 unspecified atom stereocenters. The van der Waals surface area contributed by atoms with Gasteiger partial charge in [0.25, 0.3) is 0 Å². The molecule has 0 radical (unpaired) electrons. The van der Waals surface area contributed by atoms with Crippen LogP contribution in [-0.4, -0.2) is 63.4 Å². The van der Waals surface area contributed by atoms with Crippen LogP contribution in [0, 0.1) is 0 Å². The Bertz CT molecular complexity index is 920. The molecule has 1 aliphatic heterocycles. The fourth-order valence-corrected chi connectivity index (χ4v) is 4.80. The molecule has 8 nitrogen and oxygen atoms in total. The molecule has 0 spiro atoms. The van der Waals surface area contributed by atoms with Gasteiger partial charge in [-0.1, -0.05) is 0 Å². The molecule has 2 N–H and O–H groups in total. The predicted octanol–water partition coefficient (Wildman–Crippen LogP) is 1.68. The molecule has 0 saturated carbocycles. The number of carbonyl (C=O) groups is 1. The van der Waals surface area contributed by atoms with E-state index in [-0.39, 0.29) is 16.8 Å². The zero-order valence-electron chi connectivity index (χ0n) is 15.4. The van der Waals surface area contributed by atoms with Gasteiger partial charge in [0.2, 0.25) is 20.1 Å². The van der Waals surface area contributed by atoms with Gasteiger partial charge in [0.1, 0.15) is 17.0 Å². The van der Waals surface area contributed by atoms with Gasteiger partial charge >= 0.3 is 0 Å². The highest BCUT2D eigenvalue weighted by Gasteiger charge is 2.20. The topological polar surface area (TPSA) is 101 Å². The number of rotatable bonds is 8. The fourth-order valence-electron chi connectivity index (χ4n) is 2.96. The van der Waals surface area contributed by atoms with Crippen molar-refractivity contribution in [3.05, 3.63) is 12.1 Å². The Morgan fingerprint density at radius 1 is 1.33 bits per heavy atom. The van der Waals surface area contributed by atoms with Crippen molar-refractivity contribution in [3.63, 3.8) is 0 Å². The zero-order valence-corrected chi connectivity index (χ0v) is 17.1. The minimum atomic E-state index is -3.42. The summed E-state index contributed by atoms with van der Waals surface area (Å²) in [5.41, 5.74) is 0.841. The van der Waals surface area contributed by atoms with E-state index in [9.17, 15) is 13.2 Å². The number of nitrogens with zero attached hydrogens (tertiary/aromatic N) is 2. The minimum Gasteiger partial charge on any atom is -0.492 e. The van der Waals surface area contributed by atoms with E-state index in [1.54, 1.807) is 12.1 Å². The van der Waals surface area contributed by atoms with Crippen LogP contribution in [0.15, 0.2) is 16.5 Å². The zero-order chi connectivity index (χ0) is 19.4. The Morgan fingerprint density at radius 3 is 2.74 bits per heavy atom. The van der Waals surface area contributed by atoms with Crippen LogP contribution < -0.4 is 15.4 Å². The molecule has 1 fully saturated rings. The maximum atomic E-state index is 12.4. The number of likely N-dealkylation sites (tertiary alicyclic amines) is 1. The van der Waals surface area contributed by atoms with E-state index in [0.29, 0.717) is 34.9 Å². The fraction of sp³-hybridized carbons (Fsp3) is 0.529. The van der Waals surface area contributed by atoms with Crippen LogP contribution in [0.4, 0.5) is 5.69 Å². The van der Waals surface area contributed by atoms with Crippen LogP contribution in [0.3, 0.4) is 0 Å². The van der Waals surface area contributed by atoms with Crippen molar-refractivity contribution in [2.45, 2.75) is 24.1 Å². The van der Waals surface area contributed by atoms with Crippen molar-refractivity contribution < 1.29 is 17.9 Å². The summed E-state index contributed by atoms with van der Waals surface area (Å²) in [6.07, 6.45) is 3.51. The molecule has 0 atom stereocenters. The lowest BCUT2D eigenvalue weighted by molar-refractivity contribution is -0.115. The van der Waals surface area contributed by atoms with Crippen molar-refractivity contribution in [1.29, 1.82) is 0 Å². The molecule has 10 heteroatoms. The van der Waals surface area contributed by atoms with Crippen molar-refractivity contribution in [2.24, 2.45) is 0 Å². The largest absolute Gasteiger partial charge is 0.492 e. The van der Waals surface area contributed by atoms with E-state index in [0.717, 1.165) is 30.7 Å². The van der Waals surface area contributed by atoms with Gasteiger partial charge in [-0.3, -0.25) is 15.0 Å². The molecule has 27 heavy (non-hydrogen) atoms. The second kappa shape index (κ2) is 8.51. The first-order valence-electron chi connectivity index (χ1n) is 8.88. The number of ether oxygens (including phenoxy) is 1. The minimum absolute atomic E-state index is 0.0220. The van der Waals surface area contributed by atoms with Crippen LogP contribution in [0.25, 0.3) is 10.2 Å². The molecule has 1 aliphatic rings. The smallest absolute Gasteiger partial charge is 0.238 e. The van der Waals surface area contributed by atoms with Crippen LogP contribution in [-0.2, 0) is 14.6 Å². The summed E-state index contributed by atoms with van der Waals surface area (Å²) in [6, 6.07) is 3.48. The summed E-state index contributed by atoms with van der Waals surface area (Å²) in [4.78, 5) is 18.9. The number of amides is 1. The van der Waals surface area contributed by atoms with Gasteiger partial charge < -0.3 is 10.1 Å². The molecular weight excluding hydrogens is 388 g/mol. The van der Waals surface area contributed by atoms with E-state index < -0.39 is 9.84 Å². The second-order valence-corrected chi connectivity index (χ2v) is 9.65.